The third-order valence-electron chi connectivity index (χ3n) is 1.74. The molecule has 0 atom stereocenters. The van der Waals surface area contributed by atoms with Gasteiger partial charge >= 0.3 is 6.18 Å². The molecular formula is C8H7ClF3N. The van der Waals surface area contributed by atoms with Crippen LogP contribution in [-0.4, -0.2) is 0 Å². The Labute approximate surface area is 78.3 Å². The SMILES string of the molecule is Cc1c(N)ccc(Cl)c1C(F)(F)F. The van der Waals surface area contributed by atoms with E-state index in [2.05, 4.69) is 0 Å². The third kappa shape index (κ3) is 1.88. The highest BCUT2D eigenvalue weighted by molar-refractivity contribution is 6.31. The van der Waals surface area contributed by atoms with Gasteiger partial charge in [-0.2, -0.15) is 13.2 Å². The van der Waals surface area contributed by atoms with Crippen molar-refractivity contribution in [2.75, 3.05) is 5.73 Å². The summed E-state index contributed by atoms with van der Waals surface area (Å²) >= 11 is 5.41. The molecule has 13 heavy (non-hydrogen) atoms. The fourth-order valence-electron chi connectivity index (χ4n) is 1.04. The fourth-order valence-corrected chi connectivity index (χ4v) is 1.35. The zero-order valence-electron chi connectivity index (χ0n) is 6.74. The van der Waals surface area contributed by atoms with Gasteiger partial charge in [-0.3, -0.25) is 0 Å². The van der Waals surface area contributed by atoms with E-state index < -0.39 is 11.7 Å². The molecule has 0 fully saturated rings. The van der Waals surface area contributed by atoms with Crippen LogP contribution < -0.4 is 5.73 Å². The lowest BCUT2D eigenvalue weighted by atomic mass is 10.1. The Hall–Kier alpha value is -0.900. The number of anilines is 1. The first-order valence-corrected chi connectivity index (χ1v) is 3.83. The molecule has 0 bridgehead atoms. The van der Waals surface area contributed by atoms with E-state index >= 15 is 0 Å². The summed E-state index contributed by atoms with van der Waals surface area (Å²) in [5, 5.41) is -0.320. The minimum Gasteiger partial charge on any atom is -0.399 e. The lowest BCUT2D eigenvalue weighted by molar-refractivity contribution is -0.137. The van der Waals surface area contributed by atoms with E-state index in [0.717, 1.165) is 6.07 Å². The number of nitrogens with two attached hydrogens (primary N) is 1. The van der Waals surface area contributed by atoms with Gasteiger partial charge in [0.05, 0.1) is 10.6 Å². The summed E-state index contributed by atoms with van der Waals surface area (Å²) in [6, 6.07) is 2.50. The zero-order chi connectivity index (χ0) is 10.2. The molecule has 0 aliphatic heterocycles. The van der Waals surface area contributed by atoms with Crippen LogP contribution in [0.1, 0.15) is 11.1 Å². The molecule has 0 spiro atoms. The minimum absolute atomic E-state index is 0.0278. The number of rotatable bonds is 0. The first-order valence-electron chi connectivity index (χ1n) is 3.46. The standard InChI is InChI=1S/C8H7ClF3N/c1-4-6(13)3-2-5(9)7(4)8(10,11)12/h2-3H,13H2,1H3. The van der Waals surface area contributed by atoms with Crippen LogP contribution in [0, 0.1) is 6.92 Å². The van der Waals surface area contributed by atoms with Gasteiger partial charge in [0.1, 0.15) is 0 Å². The summed E-state index contributed by atoms with van der Waals surface area (Å²) in [7, 11) is 0. The summed E-state index contributed by atoms with van der Waals surface area (Å²) < 4.78 is 37.0. The van der Waals surface area contributed by atoms with Crippen LogP contribution in [-0.2, 0) is 6.18 Å². The Morgan fingerprint density at radius 3 is 2.23 bits per heavy atom. The molecule has 1 aromatic rings. The van der Waals surface area contributed by atoms with Crippen molar-refractivity contribution in [2.24, 2.45) is 0 Å². The largest absolute Gasteiger partial charge is 0.418 e. The summed E-state index contributed by atoms with van der Waals surface area (Å²) in [6.45, 7) is 1.30. The van der Waals surface area contributed by atoms with Crippen LogP contribution in [0.2, 0.25) is 5.02 Å². The Balaban J connectivity index is 3.43. The van der Waals surface area contributed by atoms with Gasteiger partial charge in [-0.05, 0) is 24.6 Å². The Morgan fingerprint density at radius 2 is 1.85 bits per heavy atom. The highest BCUT2D eigenvalue weighted by Gasteiger charge is 2.35. The molecule has 1 aromatic carbocycles. The maximum atomic E-state index is 12.3. The molecular weight excluding hydrogens is 203 g/mol. The van der Waals surface area contributed by atoms with Gasteiger partial charge in [0.25, 0.3) is 0 Å². The van der Waals surface area contributed by atoms with Crippen molar-refractivity contribution in [1.82, 2.24) is 0 Å². The van der Waals surface area contributed by atoms with E-state index in [1.165, 1.54) is 13.0 Å². The van der Waals surface area contributed by atoms with E-state index in [0.29, 0.717) is 0 Å². The molecule has 72 valence electrons. The van der Waals surface area contributed by atoms with Crippen LogP contribution in [0.4, 0.5) is 18.9 Å². The molecule has 0 saturated carbocycles. The zero-order valence-corrected chi connectivity index (χ0v) is 7.50. The Kier molecular flexibility index (Phi) is 2.43. The predicted octanol–water partition coefficient (Wildman–Crippen LogP) is 3.25. The predicted molar refractivity (Wildman–Crippen MR) is 45.6 cm³/mol. The van der Waals surface area contributed by atoms with Crippen molar-refractivity contribution in [2.45, 2.75) is 13.1 Å². The Bertz CT molecular complexity index is 333. The number of hydrogen-bond acceptors (Lipinski definition) is 1. The minimum atomic E-state index is -4.45. The smallest absolute Gasteiger partial charge is 0.399 e. The molecule has 1 nitrogen and oxygen atoms in total. The van der Waals surface area contributed by atoms with Crippen molar-refractivity contribution < 1.29 is 13.2 Å². The van der Waals surface area contributed by atoms with Crippen molar-refractivity contribution in [3.8, 4) is 0 Å². The van der Waals surface area contributed by atoms with E-state index in [1.54, 1.807) is 0 Å². The topological polar surface area (TPSA) is 26.0 Å². The maximum absolute atomic E-state index is 12.3. The molecule has 0 heterocycles. The maximum Gasteiger partial charge on any atom is 0.418 e. The second kappa shape index (κ2) is 3.10. The van der Waals surface area contributed by atoms with Gasteiger partial charge in [0.15, 0.2) is 0 Å². The number of halogens is 4. The monoisotopic (exact) mass is 209 g/mol. The van der Waals surface area contributed by atoms with E-state index in [4.69, 9.17) is 17.3 Å². The number of benzene rings is 1. The number of hydrogen-bond donors (Lipinski definition) is 1. The van der Waals surface area contributed by atoms with Gasteiger partial charge in [-0.1, -0.05) is 11.6 Å². The van der Waals surface area contributed by atoms with E-state index in [-0.39, 0.29) is 16.3 Å². The summed E-state index contributed by atoms with van der Waals surface area (Å²) in [5.41, 5.74) is 4.54. The quantitative estimate of drug-likeness (QED) is 0.652. The number of alkyl halides is 3. The van der Waals surface area contributed by atoms with Gasteiger partial charge in [-0.15, -0.1) is 0 Å². The lowest BCUT2D eigenvalue weighted by Crippen LogP contribution is -2.10. The van der Waals surface area contributed by atoms with Crippen LogP contribution in [0.15, 0.2) is 12.1 Å². The van der Waals surface area contributed by atoms with Gasteiger partial charge in [0.2, 0.25) is 0 Å². The summed E-state index contributed by atoms with van der Waals surface area (Å²) in [5.74, 6) is 0. The van der Waals surface area contributed by atoms with Crippen molar-refractivity contribution in [1.29, 1.82) is 0 Å². The highest BCUT2D eigenvalue weighted by atomic mass is 35.5. The Morgan fingerprint density at radius 1 is 1.31 bits per heavy atom. The molecule has 1 rings (SSSR count). The average Bonchev–Trinajstić information content (AvgIpc) is 1.95. The molecule has 0 saturated heterocycles. The second-order valence-corrected chi connectivity index (χ2v) is 3.04. The number of nitrogen functional groups attached to an aromatic ring is 1. The van der Waals surface area contributed by atoms with Crippen LogP contribution >= 0.6 is 11.6 Å². The first kappa shape index (κ1) is 10.2. The molecule has 0 aromatic heterocycles. The van der Waals surface area contributed by atoms with E-state index in [1.807, 2.05) is 0 Å². The lowest BCUT2D eigenvalue weighted by Gasteiger charge is -2.13. The molecule has 5 heteroatoms. The van der Waals surface area contributed by atoms with Crippen molar-refractivity contribution in [3.63, 3.8) is 0 Å². The van der Waals surface area contributed by atoms with Crippen LogP contribution in [0.25, 0.3) is 0 Å². The van der Waals surface area contributed by atoms with Crippen LogP contribution in [0.3, 0.4) is 0 Å². The van der Waals surface area contributed by atoms with Gasteiger partial charge in [0, 0.05) is 5.69 Å². The van der Waals surface area contributed by atoms with Crippen LogP contribution in [0.5, 0.6) is 0 Å². The summed E-state index contributed by atoms with van der Waals surface area (Å²) in [4.78, 5) is 0. The fraction of sp³-hybridized carbons (Fsp3) is 0.250. The van der Waals surface area contributed by atoms with Crippen molar-refractivity contribution >= 4 is 17.3 Å². The molecule has 0 unspecified atom stereocenters. The molecule has 0 aliphatic carbocycles. The third-order valence-corrected chi connectivity index (χ3v) is 2.05. The summed E-state index contributed by atoms with van der Waals surface area (Å²) in [6.07, 6.45) is -4.45. The van der Waals surface area contributed by atoms with Gasteiger partial charge in [-0.25, -0.2) is 0 Å². The van der Waals surface area contributed by atoms with E-state index in [9.17, 15) is 13.2 Å². The molecule has 0 amide bonds. The second-order valence-electron chi connectivity index (χ2n) is 2.63. The van der Waals surface area contributed by atoms with Crippen molar-refractivity contribution in [3.05, 3.63) is 28.3 Å². The van der Waals surface area contributed by atoms with Gasteiger partial charge < -0.3 is 5.73 Å². The first-order chi connectivity index (χ1) is 5.84. The molecule has 2 N–H and O–H groups in total. The molecule has 0 aliphatic rings. The average molecular weight is 210 g/mol. The normalized spacial score (nSPS) is 11.8. The highest BCUT2D eigenvalue weighted by Crippen LogP contribution is 2.38. The molecule has 0 radical (unpaired) electrons.